The van der Waals surface area contributed by atoms with Crippen molar-refractivity contribution in [3.8, 4) is 0 Å². The van der Waals surface area contributed by atoms with Gasteiger partial charge in [0.25, 0.3) is 0 Å². The number of aromatic nitrogens is 1. The normalized spacial score (nSPS) is 19.3. The predicted octanol–water partition coefficient (Wildman–Crippen LogP) is 3.91. The van der Waals surface area contributed by atoms with Gasteiger partial charge < -0.3 is 4.52 Å². The molecule has 1 aromatic carbocycles. The van der Waals surface area contributed by atoms with E-state index >= 15 is 0 Å². The van der Waals surface area contributed by atoms with E-state index in [1.54, 1.807) is 0 Å². The zero-order chi connectivity index (χ0) is 15.0. The number of rotatable bonds is 3. The Labute approximate surface area is 122 Å². The zero-order valence-corrected chi connectivity index (χ0v) is 12.2. The van der Waals surface area contributed by atoms with Crippen LogP contribution in [-0.2, 0) is 6.54 Å². The van der Waals surface area contributed by atoms with E-state index in [1.807, 2.05) is 13.8 Å². The summed E-state index contributed by atoms with van der Waals surface area (Å²) in [5, 5.41) is 4.00. The molecule has 0 saturated carbocycles. The SMILES string of the molecule is Cc1noc(C)c1[C@@H]1CCCN1Cc1cc(F)ccc1F. The summed E-state index contributed by atoms with van der Waals surface area (Å²) in [6.07, 6.45) is 2.02. The Kier molecular flexibility index (Phi) is 3.76. The van der Waals surface area contributed by atoms with Crippen molar-refractivity contribution in [1.29, 1.82) is 0 Å². The first kappa shape index (κ1) is 14.2. The van der Waals surface area contributed by atoms with Crippen LogP contribution in [0, 0.1) is 25.5 Å². The molecule has 0 aliphatic carbocycles. The highest BCUT2D eigenvalue weighted by Crippen LogP contribution is 2.36. The fourth-order valence-electron chi connectivity index (χ4n) is 3.19. The van der Waals surface area contributed by atoms with E-state index in [4.69, 9.17) is 4.52 Å². The molecule has 1 saturated heterocycles. The van der Waals surface area contributed by atoms with Crippen LogP contribution in [0.3, 0.4) is 0 Å². The minimum Gasteiger partial charge on any atom is -0.361 e. The van der Waals surface area contributed by atoms with Crippen LogP contribution in [0.4, 0.5) is 8.78 Å². The summed E-state index contributed by atoms with van der Waals surface area (Å²) < 4.78 is 32.4. The van der Waals surface area contributed by atoms with E-state index in [1.165, 1.54) is 12.1 Å². The fraction of sp³-hybridized carbons (Fsp3) is 0.438. The molecule has 1 fully saturated rings. The van der Waals surface area contributed by atoms with Crippen LogP contribution in [0.5, 0.6) is 0 Å². The molecular formula is C16H18F2N2O. The molecule has 2 heterocycles. The second-order valence-electron chi connectivity index (χ2n) is 5.60. The van der Waals surface area contributed by atoms with Crippen molar-refractivity contribution in [3.63, 3.8) is 0 Å². The van der Waals surface area contributed by atoms with Crippen LogP contribution < -0.4 is 0 Å². The smallest absolute Gasteiger partial charge is 0.138 e. The van der Waals surface area contributed by atoms with Crippen LogP contribution in [0.1, 0.15) is 41.5 Å². The van der Waals surface area contributed by atoms with E-state index in [9.17, 15) is 8.78 Å². The first-order valence-corrected chi connectivity index (χ1v) is 7.17. The van der Waals surface area contributed by atoms with Crippen molar-refractivity contribution >= 4 is 0 Å². The highest BCUT2D eigenvalue weighted by atomic mass is 19.1. The van der Waals surface area contributed by atoms with Crippen LogP contribution in [0.2, 0.25) is 0 Å². The predicted molar refractivity (Wildman–Crippen MR) is 74.7 cm³/mol. The van der Waals surface area contributed by atoms with Gasteiger partial charge in [0.2, 0.25) is 0 Å². The van der Waals surface area contributed by atoms with Crippen LogP contribution in [0.15, 0.2) is 22.7 Å². The molecule has 112 valence electrons. The van der Waals surface area contributed by atoms with Crippen LogP contribution >= 0.6 is 0 Å². The lowest BCUT2D eigenvalue weighted by atomic mass is 10.0. The van der Waals surface area contributed by atoms with Gasteiger partial charge in [-0.05, 0) is 51.4 Å². The van der Waals surface area contributed by atoms with Crippen molar-refractivity contribution in [2.45, 2.75) is 39.3 Å². The topological polar surface area (TPSA) is 29.3 Å². The highest BCUT2D eigenvalue weighted by Gasteiger charge is 2.31. The Morgan fingerprint density at radius 3 is 2.86 bits per heavy atom. The van der Waals surface area contributed by atoms with E-state index in [0.29, 0.717) is 12.1 Å². The largest absolute Gasteiger partial charge is 0.361 e. The molecule has 0 amide bonds. The minimum absolute atomic E-state index is 0.166. The third kappa shape index (κ3) is 2.70. The van der Waals surface area contributed by atoms with Gasteiger partial charge in [-0.15, -0.1) is 0 Å². The van der Waals surface area contributed by atoms with E-state index in [2.05, 4.69) is 10.1 Å². The average Bonchev–Trinajstić information content (AvgIpc) is 3.01. The molecule has 1 aromatic heterocycles. The van der Waals surface area contributed by atoms with E-state index in [0.717, 1.165) is 42.5 Å². The first-order valence-electron chi connectivity index (χ1n) is 7.17. The number of hydrogen-bond donors (Lipinski definition) is 0. The molecule has 0 radical (unpaired) electrons. The van der Waals surface area contributed by atoms with Crippen molar-refractivity contribution in [2.24, 2.45) is 0 Å². The third-order valence-corrected chi connectivity index (χ3v) is 4.17. The van der Waals surface area contributed by atoms with Gasteiger partial charge in [-0.1, -0.05) is 5.16 Å². The summed E-state index contributed by atoms with van der Waals surface area (Å²) in [4.78, 5) is 2.17. The summed E-state index contributed by atoms with van der Waals surface area (Å²) in [6, 6.07) is 3.78. The van der Waals surface area contributed by atoms with Gasteiger partial charge in [-0.25, -0.2) is 8.78 Å². The summed E-state index contributed by atoms with van der Waals surface area (Å²) in [6.45, 7) is 5.09. The molecule has 1 atom stereocenters. The van der Waals surface area contributed by atoms with Gasteiger partial charge in [0.1, 0.15) is 17.4 Å². The second kappa shape index (κ2) is 5.56. The lowest BCUT2D eigenvalue weighted by Gasteiger charge is -2.24. The number of aryl methyl sites for hydroxylation is 2. The molecule has 0 unspecified atom stereocenters. The number of halogens is 2. The fourth-order valence-corrected chi connectivity index (χ4v) is 3.19. The summed E-state index contributed by atoms with van der Waals surface area (Å²) >= 11 is 0. The summed E-state index contributed by atoms with van der Waals surface area (Å²) in [5.74, 6) is 0.0458. The molecule has 5 heteroatoms. The first-order chi connectivity index (χ1) is 10.1. The molecule has 1 aliphatic rings. The van der Waals surface area contributed by atoms with Gasteiger partial charge in [-0.2, -0.15) is 0 Å². The maximum absolute atomic E-state index is 13.8. The Balaban J connectivity index is 1.86. The summed E-state index contributed by atoms with van der Waals surface area (Å²) in [7, 11) is 0. The van der Waals surface area contributed by atoms with Crippen LogP contribution in [0.25, 0.3) is 0 Å². The number of hydrogen-bond acceptors (Lipinski definition) is 3. The number of likely N-dealkylation sites (tertiary alicyclic amines) is 1. The number of benzene rings is 1. The van der Waals surface area contributed by atoms with E-state index in [-0.39, 0.29) is 11.9 Å². The molecule has 3 nitrogen and oxygen atoms in total. The van der Waals surface area contributed by atoms with Crippen molar-refractivity contribution < 1.29 is 13.3 Å². The standard InChI is InChI=1S/C16H18F2N2O/c1-10-16(11(2)21-19-10)15-4-3-7-20(15)9-12-8-13(17)5-6-14(12)18/h5-6,8,15H,3-4,7,9H2,1-2H3/t15-/m0/s1. The Bertz CT molecular complexity index is 634. The summed E-state index contributed by atoms with van der Waals surface area (Å²) in [5.41, 5.74) is 2.36. The highest BCUT2D eigenvalue weighted by molar-refractivity contribution is 5.27. The molecule has 3 rings (SSSR count). The van der Waals surface area contributed by atoms with Gasteiger partial charge in [0, 0.05) is 23.7 Å². The lowest BCUT2D eigenvalue weighted by molar-refractivity contribution is 0.242. The Morgan fingerprint density at radius 1 is 1.33 bits per heavy atom. The maximum Gasteiger partial charge on any atom is 0.138 e. The molecule has 2 aromatic rings. The average molecular weight is 292 g/mol. The lowest BCUT2D eigenvalue weighted by Crippen LogP contribution is -2.24. The van der Waals surface area contributed by atoms with Gasteiger partial charge in [-0.3, -0.25) is 4.90 Å². The van der Waals surface area contributed by atoms with Gasteiger partial charge >= 0.3 is 0 Å². The second-order valence-corrected chi connectivity index (χ2v) is 5.60. The third-order valence-electron chi connectivity index (χ3n) is 4.17. The van der Waals surface area contributed by atoms with Crippen molar-refractivity contribution in [1.82, 2.24) is 10.1 Å². The van der Waals surface area contributed by atoms with Gasteiger partial charge in [0.05, 0.1) is 5.69 Å². The monoisotopic (exact) mass is 292 g/mol. The van der Waals surface area contributed by atoms with Crippen molar-refractivity contribution in [3.05, 3.63) is 52.4 Å². The molecule has 0 spiro atoms. The number of nitrogens with zero attached hydrogens (tertiary/aromatic N) is 2. The van der Waals surface area contributed by atoms with Crippen molar-refractivity contribution in [2.75, 3.05) is 6.54 Å². The Morgan fingerprint density at radius 2 is 2.14 bits per heavy atom. The molecule has 1 aliphatic heterocycles. The zero-order valence-electron chi connectivity index (χ0n) is 12.2. The van der Waals surface area contributed by atoms with E-state index < -0.39 is 5.82 Å². The molecule has 0 N–H and O–H groups in total. The Hall–Kier alpha value is -1.75. The minimum atomic E-state index is -0.403. The molecule has 21 heavy (non-hydrogen) atoms. The quantitative estimate of drug-likeness (QED) is 0.859. The molecule has 0 bridgehead atoms. The maximum atomic E-state index is 13.8. The molecular weight excluding hydrogens is 274 g/mol. The van der Waals surface area contributed by atoms with Gasteiger partial charge in [0.15, 0.2) is 0 Å². The van der Waals surface area contributed by atoms with Crippen LogP contribution in [-0.4, -0.2) is 16.6 Å².